The largest absolute Gasteiger partial charge is 0.478 e. The summed E-state index contributed by atoms with van der Waals surface area (Å²) in [6, 6.07) is 4.53. The Kier molecular flexibility index (Phi) is 6.65. The minimum absolute atomic E-state index is 0.0856. The number of carbonyl (C=O) groups is 2. The van der Waals surface area contributed by atoms with Gasteiger partial charge in [0.1, 0.15) is 0 Å². The maximum absolute atomic E-state index is 12.0. The zero-order chi connectivity index (χ0) is 16.0. The van der Waals surface area contributed by atoms with Crippen molar-refractivity contribution in [3.05, 3.63) is 28.8 Å². The van der Waals surface area contributed by atoms with Crippen LogP contribution in [0.15, 0.2) is 18.2 Å². The molecule has 0 fully saturated rings. The molecule has 0 aliphatic heterocycles. The van der Waals surface area contributed by atoms with Crippen LogP contribution in [-0.4, -0.2) is 41.5 Å². The SMILES string of the molecule is CCCC(C)N(C)CC(=O)Nc1cc(C(=O)O)ccc1Cl. The quantitative estimate of drug-likeness (QED) is 0.811. The highest BCUT2D eigenvalue weighted by atomic mass is 35.5. The summed E-state index contributed by atoms with van der Waals surface area (Å²) in [5.74, 6) is -1.28. The van der Waals surface area contributed by atoms with E-state index in [2.05, 4.69) is 19.2 Å². The van der Waals surface area contributed by atoms with Gasteiger partial charge in [-0.25, -0.2) is 4.79 Å². The molecule has 1 aromatic carbocycles. The maximum Gasteiger partial charge on any atom is 0.335 e. The number of carboxylic acids is 1. The lowest BCUT2D eigenvalue weighted by Crippen LogP contribution is -2.36. The van der Waals surface area contributed by atoms with Gasteiger partial charge in [0.15, 0.2) is 0 Å². The molecule has 0 heterocycles. The topological polar surface area (TPSA) is 69.6 Å². The fourth-order valence-corrected chi connectivity index (χ4v) is 2.13. The summed E-state index contributed by atoms with van der Waals surface area (Å²) in [7, 11) is 1.88. The van der Waals surface area contributed by atoms with E-state index in [-0.39, 0.29) is 18.0 Å². The number of hydrogen-bond donors (Lipinski definition) is 2. The number of hydrogen-bond acceptors (Lipinski definition) is 3. The second-order valence-corrected chi connectivity index (χ2v) is 5.51. The van der Waals surface area contributed by atoms with Crippen molar-refractivity contribution in [1.29, 1.82) is 0 Å². The van der Waals surface area contributed by atoms with Gasteiger partial charge in [0.2, 0.25) is 5.91 Å². The molecule has 0 saturated heterocycles. The first-order chi connectivity index (χ1) is 9.85. The van der Waals surface area contributed by atoms with Crippen molar-refractivity contribution in [2.24, 2.45) is 0 Å². The van der Waals surface area contributed by atoms with Gasteiger partial charge in [-0.3, -0.25) is 9.69 Å². The molecule has 1 rings (SSSR count). The van der Waals surface area contributed by atoms with Crippen LogP contribution in [-0.2, 0) is 4.79 Å². The van der Waals surface area contributed by atoms with Crippen LogP contribution < -0.4 is 5.32 Å². The lowest BCUT2D eigenvalue weighted by atomic mass is 10.1. The number of amides is 1. The van der Waals surface area contributed by atoms with Crippen LogP contribution >= 0.6 is 11.6 Å². The predicted molar refractivity (Wildman–Crippen MR) is 84.0 cm³/mol. The van der Waals surface area contributed by atoms with Crippen LogP contribution in [0.25, 0.3) is 0 Å². The van der Waals surface area contributed by atoms with E-state index >= 15 is 0 Å². The van der Waals surface area contributed by atoms with E-state index in [0.29, 0.717) is 16.8 Å². The summed E-state index contributed by atoms with van der Waals surface area (Å²) >= 11 is 5.97. The summed E-state index contributed by atoms with van der Waals surface area (Å²) in [4.78, 5) is 24.9. The fourth-order valence-electron chi connectivity index (χ4n) is 1.96. The Labute approximate surface area is 129 Å². The van der Waals surface area contributed by atoms with Gasteiger partial charge in [0, 0.05) is 6.04 Å². The van der Waals surface area contributed by atoms with E-state index in [1.807, 2.05) is 11.9 Å². The molecule has 0 bridgehead atoms. The Morgan fingerprint density at radius 3 is 2.67 bits per heavy atom. The average Bonchev–Trinajstić information content (AvgIpc) is 2.41. The molecular weight excluding hydrogens is 292 g/mol. The van der Waals surface area contributed by atoms with E-state index in [9.17, 15) is 9.59 Å². The maximum atomic E-state index is 12.0. The summed E-state index contributed by atoms with van der Waals surface area (Å²) in [6.45, 7) is 4.39. The molecule has 0 saturated carbocycles. The standard InChI is InChI=1S/C15H21ClN2O3/c1-4-5-10(2)18(3)9-14(19)17-13-8-11(15(20)21)6-7-12(13)16/h6-8,10H,4-5,9H2,1-3H3,(H,17,19)(H,20,21). The van der Waals surface area contributed by atoms with Gasteiger partial charge in [-0.15, -0.1) is 0 Å². The van der Waals surface area contributed by atoms with Gasteiger partial charge in [-0.1, -0.05) is 24.9 Å². The molecule has 2 N–H and O–H groups in total. The molecule has 116 valence electrons. The number of rotatable bonds is 7. The minimum atomic E-state index is -1.06. The highest BCUT2D eigenvalue weighted by molar-refractivity contribution is 6.33. The average molecular weight is 313 g/mol. The molecule has 1 atom stereocenters. The fraction of sp³-hybridized carbons (Fsp3) is 0.467. The smallest absolute Gasteiger partial charge is 0.335 e. The van der Waals surface area contributed by atoms with Crippen LogP contribution in [0.1, 0.15) is 37.0 Å². The molecule has 6 heteroatoms. The Balaban J connectivity index is 2.70. The highest BCUT2D eigenvalue weighted by Gasteiger charge is 2.14. The van der Waals surface area contributed by atoms with Crippen LogP contribution in [0.4, 0.5) is 5.69 Å². The zero-order valence-corrected chi connectivity index (χ0v) is 13.3. The van der Waals surface area contributed by atoms with Crippen molar-refractivity contribution in [3.63, 3.8) is 0 Å². The Bertz CT molecular complexity index is 520. The molecular formula is C15H21ClN2O3. The molecule has 1 unspecified atom stereocenters. The van der Waals surface area contributed by atoms with E-state index in [1.165, 1.54) is 18.2 Å². The number of benzene rings is 1. The summed E-state index contributed by atoms with van der Waals surface area (Å²) in [6.07, 6.45) is 2.07. The van der Waals surface area contributed by atoms with Crippen molar-refractivity contribution < 1.29 is 14.7 Å². The molecule has 21 heavy (non-hydrogen) atoms. The Hall–Kier alpha value is -1.59. The molecule has 0 spiro atoms. The van der Waals surface area contributed by atoms with Crippen LogP contribution in [0, 0.1) is 0 Å². The van der Waals surface area contributed by atoms with Crippen LogP contribution in [0.3, 0.4) is 0 Å². The van der Waals surface area contributed by atoms with Gasteiger partial charge in [0.05, 0.1) is 22.8 Å². The number of carbonyl (C=O) groups excluding carboxylic acids is 1. The number of aromatic carboxylic acids is 1. The van der Waals surface area contributed by atoms with Gasteiger partial charge in [-0.2, -0.15) is 0 Å². The molecule has 0 aromatic heterocycles. The summed E-state index contributed by atoms with van der Waals surface area (Å²) in [5, 5.41) is 11.9. The first-order valence-electron chi connectivity index (χ1n) is 6.88. The second-order valence-electron chi connectivity index (χ2n) is 5.10. The number of carboxylic acid groups (broad SMARTS) is 1. The predicted octanol–water partition coefficient (Wildman–Crippen LogP) is 3.10. The zero-order valence-electron chi connectivity index (χ0n) is 12.5. The van der Waals surface area contributed by atoms with Gasteiger partial charge in [-0.05, 0) is 38.6 Å². The molecule has 0 radical (unpaired) electrons. The van der Waals surface area contributed by atoms with Crippen LogP contribution in [0.5, 0.6) is 0 Å². The van der Waals surface area contributed by atoms with Crippen molar-refractivity contribution in [1.82, 2.24) is 4.90 Å². The third-order valence-electron chi connectivity index (χ3n) is 3.34. The number of nitrogens with one attached hydrogen (secondary N) is 1. The monoisotopic (exact) mass is 312 g/mol. The summed E-state index contributed by atoms with van der Waals surface area (Å²) < 4.78 is 0. The lowest BCUT2D eigenvalue weighted by molar-refractivity contribution is -0.117. The van der Waals surface area contributed by atoms with Gasteiger partial charge < -0.3 is 10.4 Å². The minimum Gasteiger partial charge on any atom is -0.478 e. The van der Waals surface area contributed by atoms with Crippen LogP contribution in [0.2, 0.25) is 5.02 Å². The second kappa shape index (κ2) is 8.00. The van der Waals surface area contributed by atoms with E-state index in [4.69, 9.17) is 16.7 Å². The third kappa shape index (κ3) is 5.36. The number of halogens is 1. The number of nitrogens with zero attached hydrogens (tertiary/aromatic N) is 1. The number of anilines is 1. The normalized spacial score (nSPS) is 12.2. The number of likely N-dealkylation sites (N-methyl/N-ethyl adjacent to an activating group) is 1. The Morgan fingerprint density at radius 2 is 2.10 bits per heavy atom. The van der Waals surface area contributed by atoms with E-state index in [1.54, 1.807) is 0 Å². The molecule has 0 aliphatic carbocycles. The van der Waals surface area contributed by atoms with E-state index < -0.39 is 5.97 Å². The van der Waals surface area contributed by atoms with Crippen molar-refractivity contribution in [2.45, 2.75) is 32.7 Å². The first-order valence-corrected chi connectivity index (χ1v) is 7.25. The molecule has 0 aliphatic rings. The van der Waals surface area contributed by atoms with Crippen molar-refractivity contribution in [2.75, 3.05) is 18.9 Å². The van der Waals surface area contributed by atoms with Crippen molar-refractivity contribution >= 4 is 29.2 Å². The highest BCUT2D eigenvalue weighted by Crippen LogP contribution is 2.23. The molecule has 1 amide bonds. The Morgan fingerprint density at radius 1 is 1.43 bits per heavy atom. The van der Waals surface area contributed by atoms with Gasteiger partial charge >= 0.3 is 5.97 Å². The first kappa shape index (κ1) is 17.5. The lowest BCUT2D eigenvalue weighted by Gasteiger charge is -2.23. The molecule has 1 aromatic rings. The van der Waals surface area contributed by atoms with Gasteiger partial charge in [0.25, 0.3) is 0 Å². The molecule has 5 nitrogen and oxygen atoms in total. The third-order valence-corrected chi connectivity index (χ3v) is 3.67. The van der Waals surface area contributed by atoms with E-state index in [0.717, 1.165) is 12.8 Å². The van der Waals surface area contributed by atoms with Crippen molar-refractivity contribution in [3.8, 4) is 0 Å². The summed E-state index contributed by atoms with van der Waals surface area (Å²) in [5.41, 5.74) is 0.403.